The van der Waals surface area contributed by atoms with Gasteiger partial charge in [-0.3, -0.25) is 18.9 Å². The van der Waals surface area contributed by atoms with Crippen LogP contribution in [-0.2, 0) is 20.7 Å². The number of benzene rings is 2. The van der Waals surface area contributed by atoms with Crippen molar-refractivity contribution in [3.05, 3.63) is 74.4 Å². The Balaban J connectivity index is 1.57. The van der Waals surface area contributed by atoms with Crippen LogP contribution in [0, 0.1) is 0 Å². The fourth-order valence-electron chi connectivity index (χ4n) is 4.21. The van der Waals surface area contributed by atoms with Crippen molar-refractivity contribution in [2.45, 2.75) is 33.3 Å². The van der Waals surface area contributed by atoms with Crippen molar-refractivity contribution in [1.29, 1.82) is 0 Å². The summed E-state index contributed by atoms with van der Waals surface area (Å²) >= 11 is 0. The third kappa shape index (κ3) is 6.98. The molecule has 11 nitrogen and oxygen atoms in total. The number of quaternary nitrogens is 1. The predicted molar refractivity (Wildman–Crippen MR) is 156 cm³/mol. The van der Waals surface area contributed by atoms with Crippen LogP contribution in [0.15, 0.2) is 60.9 Å². The number of fused-ring (bicyclic) bond motifs is 2. The van der Waals surface area contributed by atoms with E-state index >= 15 is 0 Å². The van der Waals surface area contributed by atoms with Crippen LogP contribution in [0.25, 0.3) is 21.9 Å². The maximum Gasteiger partial charge on any atom is 0.374 e. The van der Waals surface area contributed by atoms with Gasteiger partial charge in [0, 0.05) is 37.6 Å². The molecular formula is C31H34NO10+. The third-order valence-electron chi connectivity index (χ3n) is 6.32. The van der Waals surface area contributed by atoms with Crippen molar-refractivity contribution in [1.82, 2.24) is 4.48 Å². The topological polar surface area (TPSA) is 131 Å². The molecule has 11 heteroatoms. The number of esters is 2. The maximum absolute atomic E-state index is 13.0. The van der Waals surface area contributed by atoms with Gasteiger partial charge in [0.1, 0.15) is 52.7 Å². The van der Waals surface area contributed by atoms with E-state index in [9.17, 15) is 19.2 Å². The van der Waals surface area contributed by atoms with Crippen LogP contribution < -0.4 is 24.8 Å². The van der Waals surface area contributed by atoms with Crippen molar-refractivity contribution in [2.75, 3.05) is 41.0 Å². The van der Waals surface area contributed by atoms with E-state index in [2.05, 4.69) is 0 Å². The molecular weight excluding hydrogens is 546 g/mol. The fourth-order valence-corrected chi connectivity index (χ4v) is 4.21. The molecule has 0 fully saturated rings. The lowest BCUT2D eigenvalue weighted by atomic mass is 10.1. The standard InChI is InChI=1S/C31H34NO10/c1-7-20-14-25(35)30-27(11-19(32(4,5)6)12-28(30)41-20)39-17-22(40-18(3)33)16-38-21-9-10-26-23(13-21)24(34)15-29(42-26)31(36)37-8-2/h9-15,22H,7-8,16-17H2,1-6H3/q+1. The summed E-state index contributed by atoms with van der Waals surface area (Å²) in [6.45, 7) is 4.73. The first kappa shape index (κ1) is 30.3. The summed E-state index contributed by atoms with van der Waals surface area (Å²) in [5, 5.41) is 0.484. The van der Waals surface area contributed by atoms with Gasteiger partial charge in [0.05, 0.1) is 33.1 Å². The molecule has 0 aliphatic rings. The van der Waals surface area contributed by atoms with Gasteiger partial charge < -0.3 is 27.8 Å². The Morgan fingerprint density at radius 1 is 0.881 bits per heavy atom. The highest BCUT2D eigenvalue weighted by molar-refractivity contribution is 5.89. The molecule has 0 bridgehead atoms. The summed E-state index contributed by atoms with van der Waals surface area (Å²) in [5.74, 6) is -0.313. The van der Waals surface area contributed by atoms with Gasteiger partial charge >= 0.3 is 11.9 Å². The Morgan fingerprint density at radius 3 is 2.29 bits per heavy atom. The first-order chi connectivity index (χ1) is 19.9. The smallest absolute Gasteiger partial charge is 0.374 e. The Kier molecular flexibility index (Phi) is 9.01. The molecule has 2 aromatic heterocycles. The van der Waals surface area contributed by atoms with E-state index in [0.29, 0.717) is 33.7 Å². The van der Waals surface area contributed by atoms with Crippen LogP contribution in [0.5, 0.6) is 11.5 Å². The van der Waals surface area contributed by atoms with Gasteiger partial charge in [-0.1, -0.05) is 6.92 Å². The molecule has 0 N–H and O–H groups in total. The van der Waals surface area contributed by atoms with Crippen molar-refractivity contribution >= 4 is 39.6 Å². The molecule has 4 rings (SSSR count). The molecule has 0 saturated carbocycles. The number of hydrogen-bond acceptors (Lipinski definition) is 10. The molecule has 0 aliphatic carbocycles. The van der Waals surface area contributed by atoms with Crippen LogP contribution in [0.2, 0.25) is 0 Å². The monoisotopic (exact) mass is 580 g/mol. The quantitative estimate of drug-likeness (QED) is 0.188. The second kappa shape index (κ2) is 12.5. The Hall–Kier alpha value is -4.64. The molecule has 2 aromatic carbocycles. The van der Waals surface area contributed by atoms with E-state index in [1.807, 2.05) is 34.1 Å². The lowest BCUT2D eigenvalue weighted by molar-refractivity contribution is -0.149. The van der Waals surface area contributed by atoms with E-state index in [4.69, 9.17) is 27.8 Å². The Bertz CT molecular complexity index is 1750. The normalized spacial score (nSPS) is 12.2. The first-order valence-corrected chi connectivity index (χ1v) is 13.5. The summed E-state index contributed by atoms with van der Waals surface area (Å²) in [5.41, 5.74) is 0.750. The molecule has 222 valence electrons. The van der Waals surface area contributed by atoms with Crippen LogP contribution in [0.4, 0.5) is 5.69 Å². The van der Waals surface area contributed by atoms with Crippen molar-refractivity contribution in [3.63, 3.8) is 0 Å². The number of aryl methyl sites for hydroxylation is 1. The second-order valence-corrected chi connectivity index (χ2v) is 10.5. The zero-order chi connectivity index (χ0) is 30.6. The summed E-state index contributed by atoms with van der Waals surface area (Å²) in [7, 11) is 5.93. The predicted octanol–water partition coefficient (Wildman–Crippen LogP) is 4.22. The molecule has 2 heterocycles. The summed E-state index contributed by atoms with van der Waals surface area (Å²) in [6.07, 6.45) is -0.295. The number of carbonyl (C=O) groups excluding carboxylic acids is 2. The number of carbonyl (C=O) groups is 2. The third-order valence-corrected chi connectivity index (χ3v) is 6.32. The van der Waals surface area contributed by atoms with Crippen LogP contribution in [0.1, 0.15) is 37.1 Å². The summed E-state index contributed by atoms with van der Waals surface area (Å²) < 4.78 is 34.2. The summed E-state index contributed by atoms with van der Waals surface area (Å²) in [6, 6.07) is 10.6. The van der Waals surface area contributed by atoms with Crippen LogP contribution in [0.3, 0.4) is 0 Å². The van der Waals surface area contributed by atoms with Crippen molar-refractivity contribution in [2.24, 2.45) is 0 Å². The van der Waals surface area contributed by atoms with E-state index in [0.717, 1.165) is 11.8 Å². The molecule has 0 aliphatic heterocycles. The van der Waals surface area contributed by atoms with E-state index in [1.54, 1.807) is 19.1 Å². The molecule has 1 atom stereocenters. The van der Waals surface area contributed by atoms with Crippen molar-refractivity contribution in [3.8, 4) is 11.5 Å². The van der Waals surface area contributed by atoms with Crippen LogP contribution >= 0.6 is 0 Å². The lowest BCUT2D eigenvalue weighted by Crippen LogP contribution is -2.35. The zero-order valence-electron chi connectivity index (χ0n) is 24.5. The molecule has 0 amide bonds. The Labute approximate surface area is 241 Å². The minimum Gasteiger partial charge on any atom is -0.490 e. The SMILES string of the molecule is CCOC(=O)c1cc(=O)c2cc(OCC(COc3cc([N+](C)(C)C)cc4oc(CC)cc(=O)c34)OC(C)=O)ccc2o1. The van der Waals surface area contributed by atoms with E-state index in [-0.39, 0.29) is 47.4 Å². The molecule has 0 radical (unpaired) electrons. The molecule has 4 aromatic rings. The molecule has 0 spiro atoms. The van der Waals surface area contributed by atoms with Gasteiger partial charge in [-0.15, -0.1) is 0 Å². The van der Waals surface area contributed by atoms with Gasteiger partial charge in [0.15, 0.2) is 17.0 Å². The second-order valence-electron chi connectivity index (χ2n) is 10.5. The van der Waals surface area contributed by atoms with Gasteiger partial charge in [0.25, 0.3) is 0 Å². The van der Waals surface area contributed by atoms with Gasteiger partial charge in [0.2, 0.25) is 5.76 Å². The van der Waals surface area contributed by atoms with E-state index in [1.165, 1.54) is 25.1 Å². The van der Waals surface area contributed by atoms with Crippen LogP contribution in [-0.4, -0.2) is 59.0 Å². The largest absolute Gasteiger partial charge is 0.490 e. The minimum absolute atomic E-state index is 0.112. The number of ether oxygens (including phenoxy) is 4. The molecule has 0 saturated heterocycles. The average molecular weight is 581 g/mol. The highest BCUT2D eigenvalue weighted by atomic mass is 16.6. The number of rotatable bonds is 11. The maximum atomic E-state index is 13.0. The molecule has 1 unspecified atom stereocenters. The lowest BCUT2D eigenvalue weighted by Gasteiger charge is -2.25. The Morgan fingerprint density at radius 2 is 1.62 bits per heavy atom. The first-order valence-electron chi connectivity index (χ1n) is 13.5. The van der Waals surface area contributed by atoms with Gasteiger partial charge in [-0.25, -0.2) is 4.79 Å². The highest BCUT2D eigenvalue weighted by Gasteiger charge is 2.22. The zero-order valence-corrected chi connectivity index (χ0v) is 24.5. The van der Waals surface area contributed by atoms with Gasteiger partial charge in [-0.2, -0.15) is 0 Å². The summed E-state index contributed by atoms with van der Waals surface area (Å²) in [4.78, 5) is 49.4. The average Bonchev–Trinajstić information content (AvgIpc) is 2.93. The minimum atomic E-state index is -0.856. The van der Waals surface area contributed by atoms with Crippen molar-refractivity contribution < 1.29 is 37.4 Å². The number of hydrogen-bond donors (Lipinski definition) is 0. The van der Waals surface area contributed by atoms with Gasteiger partial charge in [-0.05, 0) is 25.1 Å². The van der Waals surface area contributed by atoms with E-state index < -0.39 is 23.5 Å². The fraction of sp³-hybridized carbons (Fsp3) is 0.355. The number of nitrogens with zero attached hydrogens (tertiary/aromatic N) is 1. The highest BCUT2D eigenvalue weighted by Crippen LogP contribution is 2.32. The molecule has 42 heavy (non-hydrogen) atoms.